The molecule has 0 amide bonds. The molecule has 0 aliphatic carbocycles. The molecule has 2 heterocycles. The average molecular weight is 168 g/mol. The van der Waals surface area contributed by atoms with Crippen LogP contribution in [0.25, 0.3) is 5.65 Å². The van der Waals surface area contributed by atoms with E-state index < -0.39 is 0 Å². The highest BCUT2D eigenvalue weighted by molar-refractivity contribution is 6.16. The highest BCUT2D eigenvalue weighted by Crippen LogP contribution is 2.06. The second-order valence-electron chi connectivity index (χ2n) is 2.19. The zero-order chi connectivity index (χ0) is 7.68. The third kappa shape index (κ3) is 0.973. The summed E-state index contributed by atoms with van der Waals surface area (Å²) in [4.78, 5) is 8.09. The van der Waals surface area contributed by atoms with E-state index in [4.69, 9.17) is 11.6 Å². The number of alkyl halides is 1. The third-order valence-electron chi connectivity index (χ3n) is 1.53. The van der Waals surface area contributed by atoms with Crippen molar-refractivity contribution in [2.45, 2.75) is 5.88 Å². The van der Waals surface area contributed by atoms with E-state index in [9.17, 15) is 0 Å². The average Bonchev–Trinajstić information content (AvgIpc) is 2.47. The Balaban J connectivity index is 2.76. The molecule has 0 radical (unpaired) electrons. The van der Waals surface area contributed by atoms with E-state index in [0.717, 1.165) is 11.3 Å². The van der Waals surface area contributed by atoms with E-state index in [1.807, 2.05) is 10.5 Å². The summed E-state index contributed by atoms with van der Waals surface area (Å²) in [7, 11) is 0. The molecular formula is C7H6ClN3. The zero-order valence-electron chi connectivity index (χ0n) is 5.74. The lowest BCUT2D eigenvalue weighted by Crippen LogP contribution is -1.89. The van der Waals surface area contributed by atoms with Crippen LogP contribution in [0.3, 0.4) is 0 Å². The van der Waals surface area contributed by atoms with Crippen LogP contribution in [0.2, 0.25) is 0 Å². The van der Waals surface area contributed by atoms with Crippen molar-refractivity contribution in [3.05, 3.63) is 30.5 Å². The minimum Gasteiger partial charge on any atom is -0.286 e. The van der Waals surface area contributed by atoms with Gasteiger partial charge in [-0.3, -0.25) is 4.40 Å². The molecule has 0 N–H and O–H groups in total. The maximum atomic E-state index is 5.66. The Morgan fingerprint density at radius 3 is 3.27 bits per heavy atom. The van der Waals surface area contributed by atoms with Gasteiger partial charge in [0, 0.05) is 6.20 Å². The predicted octanol–water partition coefficient (Wildman–Crippen LogP) is 1.47. The van der Waals surface area contributed by atoms with Crippen LogP contribution in [0.5, 0.6) is 0 Å². The van der Waals surface area contributed by atoms with Crippen LogP contribution in [0.4, 0.5) is 0 Å². The van der Waals surface area contributed by atoms with Crippen molar-refractivity contribution in [3.8, 4) is 0 Å². The van der Waals surface area contributed by atoms with Gasteiger partial charge in [0.25, 0.3) is 0 Å². The van der Waals surface area contributed by atoms with E-state index in [2.05, 4.69) is 9.97 Å². The van der Waals surface area contributed by atoms with Gasteiger partial charge in [0.05, 0.1) is 17.8 Å². The van der Waals surface area contributed by atoms with Crippen LogP contribution in [0, 0.1) is 0 Å². The lowest BCUT2D eigenvalue weighted by atomic mass is 10.5. The smallest absolute Gasteiger partial charge is 0.139 e. The molecule has 0 spiro atoms. The van der Waals surface area contributed by atoms with E-state index >= 15 is 0 Å². The van der Waals surface area contributed by atoms with E-state index in [1.165, 1.54) is 0 Å². The van der Waals surface area contributed by atoms with Gasteiger partial charge in [0.1, 0.15) is 12.0 Å². The fraction of sp³-hybridized carbons (Fsp3) is 0.143. The molecule has 0 bridgehead atoms. The highest BCUT2D eigenvalue weighted by atomic mass is 35.5. The topological polar surface area (TPSA) is 30.2 Å². The first-order valence-electron chi connectivity index (χ1n) is 3.24. The Hall–Kier alpha value is -1.09. The van der Waals surface area contributed by atoms with Crippen molar-refractivity contribution >= 4 is 17.2 Å². The number of hydrogen-bond donors (Lipinski definition) is 0. The van der Waals surface area contributed by atoms with Crippen molar-refractivity contribution in [3.63, 3.8) is 0 Å². The summed E-state index contributed by atoms with van der Waals surface area (Å²) in [6.45, 7) is 0. The summed E-state index contributed by atoms with van der Waals surface area (Å²) >= 11 is 5.66. The molecule has 2 rings (SSSR count). The summed E-state index contributed by atoms with van der Waals surface area (Å²) in [5.41, 5.74) is 1.85. The molecule has 3 nitrogen and oxygen atoms in total. The highest BCUT2D eigenvalue weighted by Gasteiger charge is 1.98. The number of aromatic nitrogens is 3. The SMILES string of the molecule is ClCc1cnc2ccncn12. The molecule has 0 aliphatic heterocycles. The molecule has 4 heteroatoms. The van der Waals surface area contributed by atoms with Gasteiger partial charge in [-0.25, -0.2) is 9.97 Å². The molecule has 0 aromatic carbocycles. The normalized spacial score (nSPS) is 10.6. The van der Waals surface area contributed by atoms with Crippen LogP contribution in [0.1, 0.15) is 5.69 Å². The number of rotatable bonds is 1. The fourth-order valence-corrected chi connectivity index (χ4v) is 1.18. The summed E-state index contributed by atoms with van der Waals surface area (Å²) < 4.78 is 1.87. The Morgan fingerprint density at radius 2 is 2.45 bits per heavy atom. The number of imidazole rings is 1. The molecule has 56 valence electrons. The van der Waals surface area contributed by atoms with Crippen LogP contribution in [-0.2, 0) is 5.88 Å². The largest absolute Gasteiger partial charge is 0.286 e. The first-order valence-corrected chi connectivity index (χ1v) is 3.77. The lowest BCUT2D eigenvalue weighted by Gasteiger charge is -1.93. The Morgan fingerprint density at radius 1 is 1.55 bits per heavy atom. The van der Waals surface area contributed by atoms with Gasteiger partial charge in [-0.15, -0.1) is 11.6 Å². The Kier molecular flexibility index (Phi) is 1.51. The Bertz CT molecular complexity index is 368. The van der Waals surface area contributed by atoms with Crippen molar-refractivity contribution in [2.75, 3.05) is 0 Å². The van der Waals surface area contributed by atoms with Crippen molar-refractivity contribution in [1.29, 1.82) is 0 Å². The zero-order valence-corrected chi connectivity index (χ0v) is 6.49. The number of hydrogen-bond acceptors (Lipinski definition) is 2. The van der Waals surface area contributed by atoms with E-state index in [0.29, 0.717) is 5.88 Å². The van der Waals surface area contributed by atoms with Crippen molar-refractivity contribution in [1.82, 2.24) is 14.4 Å². The van der Waals surface area contributed by atoms with Gasteiger partial charge in [-0.2, -0.15) is 0 Å². The molecule has 0 aliphatic rings. The Labute approximate surface area is 68.7 Å². The summed E-state index contributed by atoms with van der Waals surface area (Å²) in [5.74, 6) is 0.465. The van der Waals surface area contributed by atoms with Crippen LogP contribution >= 0.6 is 11.6 Å². The third-order valence-corrected chi connectivity index (χ3v) is 1.80. The molecular weight excluding hydrogens is 162 g/mol. The first-order chi connectivity index (χ1) is 5.42. The van der Waals surface area contributed by atoms with Gasteiger partial charge in [0.2, 0.25) is 0 Å². The minimum atomic E-state index is 0.465. The van der Waals surface area contributed by atoms with Crippen LogP contribution < -0.4 is 0 Å². The van der Waals surface area contributed by atoms with Gasteiger partial charge in [-0.1, -0.05) is 0 Å². The quantitative estimate of drug-likeness (QED) is 0.602. The monoisotopic (exact) mass is 167 g/mol. The van der Waals surface area contributed by atoms with Crippen LogP contribution in [-0.4, -0.2) is 14.4 Å². The molecule has 11 heavy (non-hydrogen) atoms. The molecule has 2 aromatic rings. The minimum absolute atomic E-state index is 0.465. The number of halogens is 1. The summed E-state index contributed by atoms with van der Waals surface area (Å²) in [5, 5.41) is 0. The second-order valence-corrected chi connectivity index (χ2v) is 2.46. The molecule has 0 unspecified atom stereocenters. The lowest BCUT2D eigenvalue weighted by molar-refractivity contribution is 1.03. The molecule has 0 saturated heterocycles. The molecule has 0 saturated carbocycles. The predicted molar refractivity (Wildman–Crippen MR) is 42.5 cm³/mol. The van der Waals surface area contributed by atoms with Gasteiger partial charge < -0.3 is 0 Å². The summed E-state index contributed by atoms with van der Waals surface area (Å²) in [6.07, 6.45) is 5.17. The van der Waals surface area contributed by atoms with Crippen molar-refractivity contribution < 1.29 is 0 Å². The number of nitrogens with zero attached hydrogens (tertiary/aromatic N) is 3. The fourth-order valence-electron chi connectivity index (χ4n) is 0.983. The first kappa shape index (κ1) is 6.61. The molecule has 0 fully saturated rings. The maximum Gasteiger partial charge on any atom is 0.139 e. The van der Waals surface area contributed by atoms with E-state index in [-0.39, 0.29) is 0 Å². The molecule has 2 aromatic heterocycles. The van der Waals surface area contributed by atoms with Gasteiger partial charge >= 0.3 is 0 Å². The van der Waals surface area contributed by atoms with Gasteiger partial charge in [-0.05, 0) is 6.07 Å². The van der Waals surface area contributed by atoms with Crippen molar-refractivity contribution in [2.24, 2.45) is 0 Å². The second kappa shape index (κ2) is 2.51. The van der Waals surface area contributed by atoms with Gasteiger partial charge in [0.15, 0.2) is 0 Å². The van der Waals surface area contributed by atoms with Crippen LogP contribution in [0.15, 0.2) is 24.8 Å². The summed E-state index contributed by atoms with van der Waals surface area (Å²) in [6, 6.07) is 1.84. The molecule has 0 atom stereocenters. The number of fused-ring (bicyclic) bond motifs is 1. The maximum absolute atomic E-state index is 5.66. The van der Waals surface area contributed by atoms with E-state index in [1.54, 1.807) is 18.7 Å². The standard InChI is InChI=1S/C7H6ClN3/c8-3-6-4-10-7-1-2-9-5-11(6)7/h1-2,4-5H,3H2.